The van der Waals surface area contributed by atoms with Gasteiger partial charge in [-0.1, -0.05) is 19.8 Å². The second-order valence-electron chi connectivity index (χ2n) is 3.19. The number of amides is 1. The monoisotopic (exact) mass is 241 g/mol. The molecule has 0 rings (SSSR count). The van der Waals surface area contributed by atoms with Crippen molar-refractivity contribution in [2.45, 2.75) is 38.4 Å². The van der Waals surface area contributed by atoms with E-state index in [9.17, 15) is 22.8 Å². The molecule has 0 aliphatic carbocycles. The first kappa shape index (κ1) is 14.7. The molecular weight excluding hydrogens is 227 g/mol. The summed E-state index contributed by atoms with van der Waals surface area (Å²) in [5.41, 5.74) is 0. The van der Waals surface area contributed by atoms with Crippen LogP contribution in [0.5, 0.6) is 0 Å². The van der Waals surface area contributed by atoms with Gasteiger partial charge in [0.05, 0.1) is 7.11 Å². The second-order valence-corrected chi connectivity index (χ2v) is 3.19. The molecule has 0 radical (unpaired) electrons. The molecule has 0 bridgehead atoms. The molecular formula is C9H14F3NO3. The van der Waals surface area contributed by atoms with E-state index in [0.717, 1.165) is 7.11 Å². The fourth-order valence-corrected chi connectivity index (χ4v) is 1.04. The molecule has 0 spiro atoms. The van der Waals surface area contributed by atoms with Crippen molar-refractivity contribution < 1.29 is 27.5 Å². The highest BCUT2D eigenvalue weighted by Crippen LogP contribution is 2.15. The van der Waals surface area contributed by atoms with Crippen LogP contribution in [0.3, 0.4) is 0 Å². The third-order valence-electron chi connectivity index (χ3n) is 1.89. The fourth-order valence-electron chi connectivity index (χ4n) is 1.04. The van der Waals surface area contributed by atoms with Crippen LogP contribution < -0.4 is 5.32 Å². The Balaban J connectivity index is 4.42. The first-order valence-electron chi connectivity index (χ1n) is 4.78. The Bertz CT molecular complexity index is 253. The zero-order chi connectivity index (χ0) is 12.8. The van der Waals surface area contributed by atoms with Crippen molar-refractivity contribution in [3.63, 3.8) is 0 Å². The molecule has 0 aromatic heterocycles. The topological polar surface area (TPSA) is 55.4 Å². The Morgan fingerprint density at radius 3 is 2.31 bits per heavy atom. The van der Waals surface area contributed by atoms with E-state index in [1.54, 1.807) is 5.32 Å². The summed E-state index contributed by atoms with van der Waals surface area (Å²) in [5, 5.41) is 1.60. The highest BCUT2D eigenvalue weighted by atomic mass is 19.4. The zero-order valence-electron chi connectivity index (χ0n) is 9.06. The van der Waals surface area contributed by atoms with Crippen molar-refractivity contribution in [3.8, 4) is 0 Å². The summed E-state index contributed by atoms with van der Waals surface area (Å²) in [7, 11) is 1.06. The SMILES string of the molecule is CCCC[C@H](NC(=O)C(F)(F)F)C(=O)OC. The van der Waals surface area contributed by atoms with E-state index in [0.29, 0.717) is 12.8 Å². The normalized spacial score (nSPS) is 13.1. The molecule has 1 amide bonds. The molecule has 0 aliphatic rings. The second kappa shape index (κ2) is 6.34. The van der Waals surface area contributed by atoms with Crippen LogP contribution in [0.4, 0.5) is 13.2 Å². The summed E-state index contributed by atoms with van der Waals surface area (Å²) < 4.78 is 40.1. The first-order valence-corrected chi connectivity index (χ1v) is 4.78. The molecule has 1 N–H and O–H groups in total. The Labute approximate surface area is 91.1 Å². The van der Waals surface area contributed by atoms with E-state index >= 15 is 0 Å². The number of alkyl halides is 3. The number of esters is 1. The van der Waals surface area contributed by atoms with Gasteiger partial charge in [0.15, 0.2) is 0 Å². The number of unbranched alkanes of at least 4 members (excludes halogenated alkanes) is 1. The molecule has 0 saturated carbocycles. The number of methoxy groups -OCH3 is 1. The molecule has 0 aromatic rings. The molecule has 7 heteroatoms. The molecule has 0 fully saturated rings. The molecule has 0 unspecified atom stereocenters. The largest absolute Gasteiger partial charge is 0.471 e. The number of hydrogen-bond acceptors (Lipinski definition) is 3. The number of hydrogen-bond donors (Lipinski definition) is 1. The third-order valence-corrected chi connectivity index (χ3v) is 1.89. The summed E-state index contributed by atoms with van der Waals surface area (Å²) in [4.78, 5) is 21.7. The molecule has 0 aliphatic heterocycles. The Kier molecular flexibility index (Phi) is 5.84. The van der Waals surface area contributed by atoms with Crippen molar-refractivity contribution in [3.05, 3.63) is 0 Å². The van der Waals surface area contributed by atoms with Crippen molar-refractivity contribution in [1.29, 1.82) is 0 Å². The molecule has 0 heterocycles. The quantitative estimate of drug-likeness (QED) is 0.740. The number of carbonyl (C=O) groups excluding carboxylic acids is 2. The van der Waals surface area contributed by atoms with Gasteiger partial charge in [-0.25, -0.2) is 4.79 Å². The van der Waals surface area contributed by atoms with Crippen LogP contribution in [0, 0.1) is 0 Å². The summed E-state index contributed by atoms with van der Waals surface area (Å²) in [5.74, 6) is -3.00. The van der Waals surface area contributed by atoms with Gasteiger partial charge in [0.25, 0.3) is 0 Å². The third kappa shape index (κ3) is 4.99. The lowest BCUT2D eigenvalue weighted by Crippen LogP contribution is -2.47. The number of carbonyl (C=O) groups is 2. The maximum Gasteiger partial charge on any atom is 0.471 e. The van der Waals surface area contributed by atoms with Gasteiger partial charge in [0.1, 0.15) is 6.04 Å². The minimum absolute atomic E-state index is 0.130. The predicted molar refractivity (Wildman–Crippen MR) is 49.5 cm³/mol. The van der Waals surface area contributed by atoms with E-state index < -0.39 is 24.1 Å². The lowest BCUT2D eigenvalue weighted by Gasteiger charge is -2.16. The smallest absolute Gasteiger partial charge is 0.467 e. The lowest BCUT2D eigenvalue weighted by molar-refractivity contribution is -0.175. The first-order chi connectivity index (χ1) is 7.32. The summed E-state index contributed by atoms with van der Waals surface area (Å²) in [6, 6.07) is -1.24. The van der Waals surface area contributed by atoms with E-state index in [4.69, 9.17) is 0 Å². The van der Waals surface area contributed by atoms with Crippen molar-refractivity contribution in [2.75, 3.05) is 7.11 Å². The molecule has 16 heavy (non-hydrogen) atoms. The van der Waals surface area contributed by atoms with Crippen LogP contribution in [0.2, 0.25) is 0 Å². The van der Waals surface area contributed by atoms with Crippen LogP contribution in [-0.2, 0) is 14.3 Å². The van der Waals surface area contributed by atoms with Crippen LogP contribution >= 0.6 is 0 Å². The van der Waals surface area contributed by atoms with Crippen LogP contribution in [-0.4, -0.2) is 31.2 Å². The number of rotatable bonds is 5. The molecule has 4 nitrogen and oxygen atoms in total. The average molecular weight is 241 g/mol. The van der Waals surface area contributed by atoms with Crippen molar-refractivity contribution >= 4 is 11.9 Å². The molecule has 94 valence electrons. The van der Waals surface area contributed by atoms with E-state index in [2.05, 4.69) is 4.74 Å². The fraction of sp³-hybridized carbons (Fsp3) is 0.778. The zero-order valence-corrected chi connectivity index (χ0v) is 9.06. The number of ether oxygens (including phenoxy) is 1. The summed E-state index contributed by atoms with van der Waals surface area (Å²) >= 11 is 0. The lowest BCUT2D eigenvalue weighted by atomic mass is 10.1. The van der Waals surface area contributed by atoms with E-state index in [1.165, 1.54) is 0 Å². The molecule has 1 atom stereocenters. The van der Waals surface area contributed by atoms with Crippen LogP contribution in [0.25, 0.3) is 0 Å². The van der Waals surface area contributed by atoms with Crippen LogP contribution in [0.1, 0.15) is 26.2 Å². The van der Waals surface area contributed by atoms with Gasteiger partial charge >= 0.3 is 18.1 Å². The highest BCUT2D eigenvalue weighted by Gasteiger charge is 2.40. The van der Waals surface area contributed by atoms with Crippen LogP contribution in [0.15, 0.2) is 0 Å². The van der Waals surface area contributed by atoms with Gasteiger partial charge in [-0.3, -0.25) is 4.79 Å². The van der Waals surface area contributed by atoms with Crippen molar-refractivity contribution in [1.82, 2.24) is 5.32 Å². The molecule has 0 aromatic carbocycles. The maximum absolute atomic E-state index is 11.9. The average Bonchev–Trinajstić information content (AvgIpc) is 2.21. The number of halogens is 3. The standard InChI is InChI=1S/C9H14F3NO3/c1-3-4-5-6(7(14)16-2)13-8(15)9(10,11)12/h6H,3-5H2,1-2H3,(H,13,15)/t6-/m0/s1. The van der Waals surface area contributed by atoms with Gasteiger partial charge in [-0.15, -0.1) is 0 Å². The highest BCUT2D eigenvalue weighted by molar-refractivity contribution is 5.87. The van der Waals surface area contributed by atoms with Gasteiger partial charge in [0.2, 0.25) is 0 Å². The van der Waals surface area contributed by atoms with Gasteiger partial charge in [0, 0.05) is 0 Å². The van der Waals surface area contributed by atoms with E-state index in [-0.39, 0.29) is 6.42 Å². The summed E-state index contributed by atoms with van der Waals surface area (Å²) in [6.45, 7) is 1.82. The molecule has 0 saturated heterocycles. The van der Waals surface area contributed by atoms with Crippen molar-refractivity contribution in [2.24, 2.45) is 0 Å². The minimum Gasteiger partial charge on any atom is -0.467 e. The Hall–Kier alpha value is -1.27. The predicted octanol–water partition coefficient (Wildman–Crippen LogP) is 1.40. The van der Waals surface area contributed by atoms with E-state index in [1.807, 2.05) is 6.92 Å². The van der Waals surface area contributed by atoms with Gasteiger partial charge in [-0.05, 0) is 6.42 Å². The summed E-state index contributed by atoms with van der Waals surface area (Å²) in [6.07, 6.45) is -3.63. The minimum atomic E-state index is -4.99. The maximum atomic E-state index is 11.9. The Morgan fingerprint density at radius 2 is 1.94 bits per heavy atom. The van der Waals surface area contributed by atoms with Gasteiger partial charge < -0.3 is 10.1 Å². The number of nitrogens with one attached hydrogen (secondary N) is 1. The Morgan fingerprint density at radius 1 is 1.38 bits per heavy atom. The van der Waals surface area contributed by atoms with Gasteiger partial charge in [-0.2, -0.15) is 13.2 Å².